The van der Waals surface area contributed by atoms with E-state index in [9.17, 15) is 26.3 Å². The Morgan fingerprint density at radius 1 is 1.21 bits per heavy atom. The van der Waals surface area contributed by atoms with Crippen molar-refractivity contribution in [3.05, 3.63) is 16.1 Å². The lowest BCUT2D eigenvalue weighted by Gasteiger charge is -2.32. The summed E-state index contributed by atoms with van der Waals surface area (Å²) in [7, 11) is 1.55. The molecule has 2 N–H and O–H groups in total. The first-order valence-electron chi connectivity index (χ1n) is 8.82. The second kappa shape index (κ2) is 11.5. The number of likely N-dealkylation sites (tertiary alicyclic amines) is 1. The predicted octanol–water partition coefficient (Wildman–Crippen LogP) is 4.11. The average Bonchev–Trinajstić information content (AvgIpc) is 3.07. The molecule has 0 unspecified atom stereocenters. The summed E-state index contributed by atoms with van der Waals surface area (Å²) in [5, 5.41) is 7.25. The van der Waals surface area contributed by atoms with Gasteiger partial charge in [-0.1, -0.05) is 0 Å². The summed E-state index contributed by atoms with van der Waals surface area (Å²) in [6, 6.07) is 0. The summed E-state index contributed by atoms with van der Waals surface area (Å²) in [5.74, 6) is 0.779. The Hall–Kier alpha value is -0.830. The molecule has 2 rings (SSSR count). The molecule has 0 spiro atoms. The fourth-order valence-corrected chi connectivity index (χ4v) is 3.72. The molecule has 1 aliphatic heterocycles. The van der Waals surface area contributed by atoms with Crippen LogP contribution < -0.4 is 10.6 Å². The molecular weight excluding hydrogens is 535 g/mol. The molecule has 1 aromatic heterocycles. The van der Waals surface area contributed by atoms with Crippen LogP contribution in [-0.2, 0) is 12.7 Å². The van der Waals surface area contributed by atoms with Gasteiger partial charge < -0.3 is 10.6 Å². The second-order valence-electron chi connectivity index (χ2n) is 6.60. The van der Waals surface area contributed by atoms with Crippen molar-refractivity contribution in [1.29, 1.82) is 0 Å². The Balaban J connectivity index is 0.00000420. The molecule has 0 aromatic carbocycles. The number of piperidine rings is 1. The van der Waals surface area contributed by atoms with E-state index in [2.05, 4.69) is 20.6 Å². The van der Waals surface area contributed by atoms with Crippen molar-refractivity contribution in [2.75, 3.05) is 33.2 Å². The van der Waals surface area contributed by atoms with E-state index in [1.807, 2.05) is 0 Å². The van der Waals surface area contributed by atoms with E-state index in [1.165, 1.54) is 4.90 Å². The Bertz CT molecular complexity index is 640. The molecule has 2 heterocycles. The van der Waals surface area contributed by atoms with Gasteiger partial charge in [0.25, 0.3) is 0 Å². The van der Waals surface area contributed by atoms with Gasteiger partial charge in [-0.15, -0.1) is 35.3 Å². The number of nitrogens with one attached hydrogen (secondary N) is 2. The molecule has 0 amide bonds. The Morgan fingerprint density at radius 3 is 2.38 bits per heavy atom. The summed E-state index contributed by atoms with van der Waals surface area (Å²) in [6.07, 6.45) is -6.41. The van der Waals surface area contributed by atoms with Crippen LogP contribution in [0.4, 0.5) is 26.3 Å². The minimum atomic E-state index is -4.45. The van der Waals surface area contributed by atoms with Gasteiger partial charge in [-0.05, 0) is 38.3 Å². The highest BCUT2D eigenvalue weighted by molar-refractivity contribution is 14.0. The minimum absolute atomic E-state index is 0. The van der Waals surface area contributed by atoms with Gasteiger partial charge in [0.2, 0.25) is 0 Å². The first kappa shape index (κ1) is 26.2. The van der Waals surface area contributed by atoms with Crippen molar-refractivity contribution >= 4 is 41.3 Å². The number of hydrogen-bond acceptors (Lipinski definition) is 4. The largest absolute Gasteiger partial charge is 0.434 e. The van der Waals surface area contributed by atoms with Crippen LogP contribution in [0.1, 0.15) is 30.0 Å². The smallest absolute Gasteiger partial charge is 0.356 e. The summed E-state index contributed by atoms with van der Waals surface area (Å²) in [4.78, 5) is 8.97. The molecule has 5 nitrogen and oxygen atoms in total. The van der Waals surface area contributed by atoms with Crippen LogP contribution in [0.15, 0.2) is 10.4 Å². The van der Waals surface area contributed by atoms with Crippen LogP contribution in [0, 0.1) is 5.92 Å². The molecule has 29 heavy (non-hydrogen) atoms. The van der Waals surface area contributed by atoms with Crippen LogP contribution >= 0.6 is 35.3 Å². The van der Waals surface area contributed by atoms with Gasteiger partial charge in [0.1, 0.15) is 5.01 Å². The maximum atomic E-state index is 12.5. The third-order valence-electron chi connectivity index (χ3n) is 4.43. The maximum Gasteiger partial charge on any atom is 0.434 e. The molecule has 13 heteroatoms. The van der Waals surface area contributed by atoms with Gasteiger partial charge >= 0.3 is 12.4 Å². The number of aromatic nitrogens is 1. The highest BCUT2D eigenvalue weighted by Gasteiger charge is 2.34. The molecule has 0 radical (unpaired) electrons. The van der Waals surface area contributed by atoms with Crippen molar-refractivity contribution in [1.82, 2.24) is 20.5 Å². The number of aliphatic imine (C=N–C) groups is 1. The second-order valence-corrected chi connectivity index (χ2v) is 7.54. The van der Waals surface area contributed by atoms with Gasteiger partial charge in [0, 0.05) is 19.0 Å². The van der Waals surface area contributed by atoms with Crippen molar-refractivity contribution < 1.29 is 26.3 Å². The zero-order chi connectivity index (χ0) is 20.8. The van der Waals surface area contributed by atoms with Crippen molar-refractivity contribution in [3.8, 4) is 0 Å². The van der Waals surface area contributed by atoms with Crippen molar-refractivity contribution in [3.63, 3.8) is 0 Å². The van der Waals surface area contributed by atoms with Crippen molar-refractivity contribution in [2.24, 2.45) is 10.9 Å². The quantitative estimate of drug-likeness (QED) is 0.239. The molecule has 168 valence electrons. The number of rotatable bonds is 6. The zero-order valence-corrected chi connectivity index (χ0v) is 18.9. The third kappa shape index (κ3) is 9.68. The van der Waals surface area contributed by atoms with E-state index in [0.29, 0.717) is 49.4 Å². The zero-order valence-electron chi connectivity index (χ0n) is 15.7. The third-order valence-corrected chi connectivity index (χ3v) is 5.28. The van der Waals surface area contributed by atoms with Crippen LogP contribution in [0.25, 0.3) is 0 Å². The molecular formula is C16H24F6IN5S. The lowest BCUT2D eigenvalue weighted by molar-refractivity contribution is -0.148. The van der Waals surface area contributed by atoms with Crippen molar-refractivity contribution in [2.45, 2.75) is 38.2 Å². The molecule has 0 aliphatic carbocycles. The molecule has 1 fully saturated rings. The fourth-order valence-electron chi connectivity index (χ4n) is 2.98. The Morgan fingerprint density at radius 2 is 1.86 bits per heavy atom. The Kier molecular flexibility index (Phi) is 10.4. The molecule has 1 aromatic rings. The number of guanidine groups is 1. The first-order valence-corrected chi connectivity index (χ1v) is 9.70. The van der Waals surface area contributed by atoms with E-state index in [1.54, 1.807) is 7.05 Å². The molecule has 1 saturated heterocycles. The number of thiazole rings is 1. The lowest BCUT2D eigenvalue weighted by atomic mass is 9.93. The Labute approximate surface area is 186 Å². The predicted molar refractivity (Wildman–Crippen MR) is 111 cm³/mol. The van der Waals surface area contributed by atoms with Gasteiger partial charge in [-0.3, -0.25) is 9.89 Å². The molecule has 0 atom stereocenters. The number of halogens is 7. The normalized spacial score (nSPS) is 17.1. The number of nitrogens with zero attached hydrogens (tertiary/aromatic N) is 3. The topological polar surface area (TPSA) is 52.6 Å². The molecule has 1 aliphatic rings. The summed E-state index contributed by atoms with van der Waals surface area (Å²) in [5.41, 5.74) is -0.908. The van der Waals surface area contributed by atoms with Gasteiger partial charge in [-0.2, -0.15) is 26.3 Å². The standard InChI is InChI=1S/C16H23F6N5S.HI/c1-23-14(25-8-13-26-12(9-28-13)16(20,21)22)24-5-2-11-3-6-27(7-4-11)10-15(17,18)19;/h9,11H,2-8,10H2,1H3,(H2,23,24,25);1H. The highest BCUT2D eigenvalue weighted by atomic mass is 127. The first-order chi connectivity index (χ1) is 13.1. The van der Waals surface area contributed by atoms with Gasteiger partial charge in [0.05, 0.1) is 13.1 Å². The summed E-state index contributed by atoms with van der Waals surface area (Å²) in [6.45, 7) is 0.707. The summed E-state index contributed by atoms with van der Waals surface area (Å²) >= 11 is 0.918. The van der Waals surface area contributed by atoms with Crippen LogP contribution in [-0.4, -0.2) is 55.2 Å². The molecule has 0 saturated carbocycles. The maximum absolute atomic E-state index is 12.5. The van der Waals surface area contributed by atoms with Gasteiger partial charge in [0.15, 0.2) is 11.7 Å². The lowest BCUT2D eigenvalue weighted by Crippen LogP contribution is -2.41. The fraction of sp³-hybridized carbons (Fsp3) is 0.750. The van der Waals surface area contributed by atoms with E-state index < -0.39 is 24.6 Å². The minimum Gasteiger partial charge on any atom is -0.356 e. The van der Waals surface area contributed by atoms with E-state index in [-0.39, 0.29) is 30.5 Å². The summed E-state index contributed by atoms with van der Waals surface area (Å²) < 4.78 is 74.8. The van der Waals surface area contributed by atoms with Crippen LogP contribution in [0.2, 0.25) is 0 Å². The van der Waals surface area contributed by atoms with Crippen LogP contribution in [0.5, 0.6) is 0 Å². The highest BCUT2D eigenvalue weighted by Crippen LogP contribution is 2.30. The van der Waals surface area contributed by atoms with E-state index >= 15 is 0 Å². The molecule has 0 bridgehead atoms. The van der Waals surface area contributed by atoms with E-state index in [0.717, 1.165) is 23.1 Å². The number of hydrogen-bond donors (Lipinski definition) is 2. The SMILES string of the molecule is CN=C(NCCC1CCN(CC(F)(F)F)CC1)NCc1nc(C(F)(F)F)cs1.I. The van der Waals surface area contributed by atoms with Gasteiger partial charge in [-0.25, -0.2) is 4.98 Å². The monoisotopic (exact) mass is 559 g/mol. The average molecular weight is 559 g/mol. The van der Waals surface area contributed by atoms with E-state index in [4.69, 9.17) is 0 Å². The number of alkyl halides is 6. The van der Waals surface area contributed by atoms with Crippen LogP contribution in [0.3, 0.4) is 0 Å².